The molecule has 0 saturated carbocycles. The van der Waals surface area contributed by atoms with Gasteiger partial charge in [-0.1, -0.05) is 30.3 Å². The maximum Gasteiger partial charge on any atom is 0.273 e. The second-order valence-electron chi connectivity index (χ2n) is 4.84. The molecule has 1 aromatic carbocycles. The van der Waals surface area contributed by atoms with Crippen LogP contribution in [-0.4, -0.2) is 53.3 Å². The summed E-state index contributed by atoms with van der Waals surface area (Å²) >= 11 is 1.47. The van der Waals surface area contributed by atoms with E-state index in [0.29, 0.717) is 31.9 Å². The Morgan fingerprint density at radius 3 is 2.52 bits per heavy atom. The van der Waals surface area contributed by atoms with Crippen LogP contribution in [0.2, 0.25) is 0 Å². The van der Waals surface area contributed by atoms with Gasteiger partial charge in [-0.3, -0.25) is 9.59 Å². The summed E-state index contributed by atoms with van der Waals surface area (Å²) in [6.45, 7) is 2.31. The zero-order valence-electron chi connectivity index (χ0n) is 11.4. The maximum atomic E-state index is 12.4. The topological polar surface area (TPSA) is 53.5 Å². The van der Waals surface area contributed by atoms with Crippen molar-refractivity contribution in [1.29, 1.82) is 0 Å². The van der Waals surface area contributed by atoms with Gasteiger partial charge in [-0.15, -0.1) is 11.3 Å². The van der Waals surface area contributed by atoms with Crippen LogP contribution in [0.1, 0.15) is 10.5 Å². The number of piperazine rings is 1. The zero-order valence-corrected chi connectivity index (χ0v) is 12.3. The number of nitrogens with zero attached hydrogens (tertiary/aromatic N) is 3. The molecule has 1 aliphatic heterocycles. The van der Waals surface area contributed by atoms with Crippen molar-refractivity contribution in [3.63, 3.8) is 0 Å². The van der Waals surface area contributed by atoms with Gasteiger partial charge >= 0.3 is 0 Å². The van der Waals surface area contributed by atoms with Gasteiger partial charge in [0.05, 0.1) is 0 Å². The Morgan fingerprint density at radius 1 is 1.14 bits per heavy atom. The lowest BCUT2D eigenvalue weighted by atomic mass is 10.2. The second kappa shape index (κ2) is 6.05. The summed E-state index contributed by atoms with van der Waals surface area (Å²) in [5.41, 5.74) is 1.51. The first-order valence-electron chi connectivity index (χ1n) is 6.77. The fourth-order valence-electron chi connectivity index (χ4n) is 2.28. The van der Waals surface area contributed by atoms with Crippen molar-refractivity contribution in [2.45, 2.75) is 0 Å². The zero-order chi connectivity index (χ0) is 14.7. The Hall–Kier alpha value is -2.21. The first-order chi connectivity index (χ1) is 10.3. The third-order valence-electron chi connectivity index (χ3n) is 3.49. The number of carbonyl (C=O) groups is 2. The molecule has 0 N–H and O–H groups in total. The quantitative estimate of drug-likeness (QED) is 0.811. The number of rotatable bonds is 3. The minimum Gasteiger partial charge on any atom is -0.342 e. The first kappa shape index (κ1) is 13.8. The first-order valence-corrected chi connectivity index (χ1v) is 7.65. The smallest absolute Gasteiger partial charge is 0.273 e. The van der Waals surface area contributed by atoms with Gasteiger partial charge < -0.3 is 9.80 Å². The predicted molar refractivity (Wildman–Crippen MR) is 81.1 cm³/mol. The lowest BCUT2D eigenvalue weighted by molar-refractivity contribution is -0.119. The Kier molecular flexibility index (Phi) is 3.96. The molecule has 0 unspecified atom stereocenters. The molecule has 1 aromatic heterocycles. The van der Waals surface area contributed by atoms with Gasteiger partial charge in [0.15, 0.2) is 0 Å². The van der Waals surface area contributed by atoms with Crippen molar-refractivity contribution in [3.05, 3.63) is 41.4 Å². The molecule has 0 radical (unpaired) electrons. The van der Waals surface area contributed by atoms with E-state index in [1.165, 1.54) is 11.3 Å². The molecule has 0 aliphatic carbocycles. The number of amides is 2. The molecule has 5 nitrogen and oxygen atoms in total. The molecule has 1 saturated heterocycles. The summed E-state index contributed by atoms with van der Waals surface area (Å²) in [6, 6.07) is 9.83. The number of thiazole rings is 1. The molecule has 0 spiro atoms. The van der Waals surface area contributed by atoms with Crippen LogP contribution in [0.25, 0.3) is 10.6 Å². The fourth-order valence-corrected chi connectivity index (χ4v) is 3.08. The van der Waals surface area contributed by atoms with Crippen molar-refractivity contribution < 1.29 is 9.59 Å². The van der Waals surface area contributed by atoms with Gasteiger partial charge in [-0.05, 0) is 0 Å². The SMILES string of the molecule is O=CN1CCN(C(=O)c2csc(-c3ccccc3)n2)CC1. The van der Waals surface area contributed by atoms with Crippen LogP contribution in [-0.2, 0) is 4.79 Å². The van der Waals surface area contributed by atoms with Crippen LogP contribution < -0.4 is 0 Å². The molecule has 2 amide bonds. The van der Waals surface area contributed by atoms with Crippen LogP contribution in [0.5, 0.6) is 0 Å². The van der Waals surface area contributed by atoms with Crippen molar-refractivity contribution >= 4 is 23.7 Å². The van der Waals surface area contributed by atoms with Gasteiger partial charge in [-0.2, -0.15) is 0 Å². The van der Waals surface area contributed by atoms with E-state index in [9.17, 15) is 9.59 Å². The van der Waals surface area contributed by atoms with Crippen molar-refractivity contribution in [2.24, 2.45) is 0 Å². The molecule has 2 aromatic rings. The molecule has 3 rings (SSSR count). The molecule has 1 aliphatic rings. The van der Waals surface area contributed by atoms with Gasteiger partial charge in [0.1, 0.15) is 10.7 Å². The number of benzene rings is 1. The monoisotopic (exact) mass is 301 g/mol. The van der Waals surface area contributed by atoms with Crippen LogP contribution in [0, 0.1) is 0 Å². The third kappa shape index (κ3) is 2.95. The molecular formula is C15H15N3O2S. The summed E-state index contributed by atoms with van der Waals surface area (Å²) in [5.74, 6) is -0.0565. The summed E-state index contributed by atoms with van der Waals surface area (Å²) in [6.07, 6.45) is 0.832. The van der Waals surface area contributed by atoms with Gasteiger partial charge in [-0.25, -0.2) is 4.98 Å². The summed E-state index contributed by atoms with van der Waals surface area (Å²) in [4.78, 5) is 31.0. The van der Waals surface area contributed by atoms with E-state index in [1.54, 1.807) is 15.2 Å². The second-order valence-corrected chi connectivity index (χ2v) is 5.70. The van der Waals surface area contributed by atoms with Crippen molar-refractivity contribution in [1.82, 2.24) is 14.8 Å². The molecule has 0 atom stereocenters. The highest BCUT2D eigenvalue weighted by Crippen LogP contribution is 2.24. The van der Waals surface area contributed by atoms with Gasteiger partial charge in [0, 0.05) is 37.1 Å². The highest BCUT2D eigenvalue weighted by Gasteiger charge is 2.23. The van der Waals surface area contributed by atoms with Crippen LogP contribution in [0.4, 0.5) is 0 Å². The van der Waals surface area contributed by atoms with E-state index in [4.69, 9.17) is 0 Å². The van der Waals surface area contributed by atoms with E-state index in [0.717, 1.165) is 17.0 Å². The Morgan fingerprint density at radius 2 is 1.86 bits per heavy atom. The van der Waals surface area contributed by atoms with Crippen molar-refractivity contribution in [2.75, 3.05) is 26.2 Å². The summed E-state index contributed by atoms with van der Waals surface area (Å²) in [7, 11) is 0. The van der Waals surface area contributed by atoms with Gasteiger partial charge in [0.2, 0.25) is 6.41 Å². The molecular weight excluding hydrogens is 286 g/mol. The molecule has 0 bridgehead atoms. The van der Waals surface area contributed by atoms with Crippen LogP contribution >= 0.6 is 11.3 Å². The maximum absolute atomic E-state index is 12.4. The molecule has 6 heteroatoms. The Labute approximate surface area is 126 Å². The largest absolute Gasteiger partial charge is 0.342 e. The van der Waals surface area contributed by atoms with E-state index >= 15 is 0 Å². The lowest BCUT2D eigenvalue weighted by Crippen LogP contribution is -2.48. The van der Waals surface area contributed by atoms with Crippen LogP contribution in [0.15, 0.2) is 35.7 Å². The number of hydrogen-bond acceptors (Lipinski definition) is 4. The normalized spacial score (nSPS) is 15.0. The highest BCUT2D eigenvalue weighted by atomic mass is 32.1. The minimum absolute atomic E-state index is 0.0565. The molecule has 21 heavy (non-hydrogen) atoms. The predicted octanol–water partition coefficient (Wildman–Crippen LogP) is 1.72. The standard InChI is InChI=1S/C15H15N3O2S/c19-11-17-6-8-18(9-7-17)15(20)13-10-21-14(16-13)12-4-2-1-3-5-12/h1-5,10-11H,6-9H2. The molecule has 1 fully saturated rings. The highest BCUT2D eigenvalue weighted by molar-refractivity contribution is 7.13. The number of hydrogen-bond donors (Lipinski definition) is 0. The molecule has 108 valence electrons. The van der Waals surface area contributed by atoms with E-state index in [2.05, 4.69) is 4.98 Å². The lowest BCUT2D eigenvalue weighted by Gasteiger charge is -2.32. The Bertz CT molecular complexity index is 633. The number of carbonyl (C=O) groups excluding carboxylic acids is 2. The van der Waals surface area contributed by atoms with E-state index < -0.39 is 0 Å². The molecule has 2 heterocycles. The average Bonchev–Trinajstić information content (AvgIpc) is 3.05. The third-order valence-corrected chi connectivity index (χ3v) is 4.39. The summed E-state index contributed by atoms with van der Waals surface area (Å²) in [5, 5.41) is 2.65. The van der Waals surface area contributed by atoms with Gasteiger partial charge in [0.25, 0.3) is 5.91 Å². The van der Waals surface area contributed by atoms with E-state index in [1.807, 2.05) is 30.3 Å². The average molecular weight is 301 g/mol. The fraction of sp³-hybridized carbons (Fsp3) is 0.267. The van der Waals surface area contributed by atoms with Crippen LogP contribution in [0.3, 0.4) is 0 Å². The van der Waals surface area contributed by atoms with E-state index in [-0.39, 0.29) is 5.91 Å². The summed E-state index contributed by atoms with van der Waals surface area (Å²) < 4.78 is 0. The minimum atomic E-state index is -0.0565. The Balaban J connectivity index is 1.72. The van der Waals surface area contributed by atoms with Crippen molar-refractivity contribution in [3.8, 4) is 10.6 Å². The number of aromatic nitrogens is 1.